The third-order valence-corrected chi connectivity index (χ3v) is 4.67. The van der Waals surface area contributed by atoms with Crippen LogP contribution in [0, 0.1) is 5.92 Å². The van der Waals surface area contributed by atoms with Gasteiger partial charge in [-0.25, -0.2) is 0 Å². The average Bonchev–Trinajstić information content (AvgIpc) is 3.28. The zero-order valence-corrected chi connectivity index (χ0v) is 12.9. The average molecular weight is 274 g/mol. The molecule has 1 aliphatic carbocycles. The predicted octanol–water partition coefficient (Wildman–Crippen LogP) is 4.37. The van der Waals surface area contributed by atoms with Crippen LogP contribution in [-0.4, -0.2) is 6.04 Å². The summed E-state index contributed by atoms with van der Waals surface area (Å²) >= 11 is 0. The third-order valence-electron chi connectivity index (χ3n) is 4.67. The van der Waals surface area contributed by atoms with Crippen LogP contribution in [0.3, 0.4) is 0 Å². The molecule has 0 heterocycles. The van der Waals surface area contributed by atoms with Crippen LogP contribution in [0.25, 0.3) is 0 Å². The van der Waals surface area contributed by atoms with Crippen molar-refractivity contribution in [1.82, 2.24) is 5.43 Å². The van der Waals surface area contributed by atoms with Crippen molar-refractivity contribution in [2.75, 3.05) is 0 Å². The topological polar surface area (TPSA) is 38.0 Å². The number of nitrogens with two attached hydrogens (primary N) is 1. The number of hydrogen-bond acceptors (Lipinski definition) is 2. The molecule has 1 aliphatic rings. The Bertz CT molecular complexity index is 363. The van der Waals surface area contributed by atoms with Crippen LogP contribution < -0.4 is 11.3 Å². The Labute approximate surface area is 124 Å². The van der Waals surface area contributed by atoms with Gasteiger partial charge in [-0.3, -0.25) is 11.3 Å². The maximum Gasteiger partial charge on any atom is 0.0244 e. The number of hydrogen-bond donors (Lipinski definition) is 2. The lowest BCUT2D eigenvalue weighted by molar-refractivity contribution is 0.416. The van der Waals surface area contributed by atoms with Crippen LogP contribution in [0.2, 0.25) is 0 Å². The van der Waals surface area contributed by atoms with E-state index in [1.165, 1.54) is 56.9 Å². The molecule has 3 unspecified atom stereocenters. The number of rotatable bonds is 10. The maximum absolute atomic E-state index is 5.77. The van der Waals surface area contributed by atoms with Gasteiger partial charge in [0.05, 0.1) is 0 Å². The normalized spacial score (nSPS) is 22.7. The fourth-order valence-electron chi connectivity index (χ4n) is 3.31. The lowest BCUT2D eigenvalue weighted by Gasteiger charge is -2.16. The smallest absolute Gasteiger partial charge is 0.0244 e. The first-order chi connectivity index (χ1) is 9.86. The second kappa shape index (κ2) is 8.43. The van der Waals surface area contributed by atoms with Crippen LogP contribution in [-0.2, 0) is 0 Å². The van der Waals surface area contributed by atoms with Gasteiger partial charge in [-0.2, -0.15) is 0 Å². The molecule has 1 aromatic rings. The molecule has 1 fully saturated rings. The van der Waals surface area contributed by atoms with E-state index < -0.39 is 0 Å². The van der Waals surface area contributed by atoms with Crippen molar-refractivity contribution in [2.45, 2.75) is 70.3 Å². The minimum Gasteiger partial charge on any atom is -0.271 e. The molecule has 20 heavy (non-hydrogen) atoms. The van der Waals surface area contributed by atoms with E-state index in [0.29, 0.717) is 6.04 Å². The highest BCUT2D eigenvalue weighted by Gasteiger charge is 2.42. The van der Waals surface area contributed by atoms with Gasteiger partial charge in [-0.05, 0) is 30.2 Å². The molecule has 0 amide bonds. The van der Waals surface area contributed by atoms with Gasteiger partial charge in [0.25, 0.3) is 0 Å². The van der Waals surface area contributed by atoms with Crippen molar-refractivity contribution in [3.8, 4) is 0 Å². The standard InChI is InChI=1S/C18H30N2/c1-2-3-4-5-6-10-13-18(20-19)17-14-16(17)15-11-8-7-9-12-15/h7-9,11-12,16-18,20H,2-6,10,13-14,19H2,1H3. The molecule has 2 rings (SSSR count). The van der Waals surface area contributed by atoms with Crippen molar-refractivity contribution in [2.24, 2.45) is 11.8 Å². The molecule has 0 saturated heterocycles. The quantitative estimate of drug-likeness (QED) is 0.378. The molecule has 0 aromatic heterocycles. The largest absolute Gasteiger partial charge is 0.271 e. The van der Waals surface area contributed by atoms with Gasteiger partial charge in [-0.1, -0.05) is 75.8 Å². The first kappa shape index (κ1) is 15.5. The number of hydrazine groups is 1. The molecule has 112 valence electrons. The summed E-state index contributed by atoms with van der Waals surface area (Å²) < 4.78 is 0. The van der Waals surface area contributed by atoms with Crippen LogP contribution in [0.5, 0.6) is 0 Å². The second-order valence-electron chi connectivity index (χ2n) is 6.25. The highest BCUT2D eigenvalue weighted by Crippen LogP contribution is 2.50. The molecule has 0 spiro atoms. The van der Waals surface area contributed by atoms with Gasteiger partial charge >= 0.3 is 0 Å². The van der Waals surface area contributed by atoms with Crippen molar-refractivity contribution in [3.05, 3.63) is 35.9 Å². The Hall–Kier alpha value is -0.860. The summed E-state index contributed by atoms with van der Waals surface area (Å²) in [7, 11) is 0. The summed E-state index contributed by atoms with van der Waals surface area (Å²) in [4.78, 5) is 0. The first-order valence-electron chi connectivity index (χ1n) is 8.38. The highest BCUT2D eigenvalue weighted by atomic mass is 15.2. The molecular formula is C18H30N2. The molecule has 1 saturated carbocycles. The van der Waals surface area contributed by atoms with Gasteiger partial charge in [0, 0.05) is 6.04 Å². The zero-order chi connectivity index (χ0) is 14.2. The summed E-state index contributed by atoms with van der Waals surface area (Å²) in [5.74, 6) is 7.25. The van der Waals surface area contributed by atoms with Crippen molar-refractivity contribution >= 4 is 0 Å². The Kier molecular flexibility index (Phi) is 6.55. The molecular weight excluding hydrogens is 244 g/mol. The first-order valence-corrected chi connectivity index (χ1v) is 8.38. The zero-order valence-electron chi connectivity index (χ0n) is 12.9. The summed E-state index contributed by atoms with van der Waals surface area (Å²) in [6.07, 6.45) is 10.7. The fourth-order valence-corrected chi connectivity index (χ4v) is 3.31. The Balaban J connectivity index is 1.66. The minimum atomic E-state index is 0.506. The van der Waals surface area contributed by atoms with E-state index >= 15 is 0 Å². The molecule has 1 aromatic carbocycles. The maximum atomic E-state index is 5.77. The molecule has 2 heteroatoms. The molecule has 2 nitrogen and oxygen atoms in total. The van der Waals surface area contributed by atoms with Crippen LogP contribution in [0.1, 0.15) is 69.8 Å². The number of nitrogens with one attached hydrogen (secondary N) is 1. The van der Waals surface area contributed by atoms with E-state index in [1.54, 1.807) is 0 Å². The number of benzene rings is 1. The van der Waals surface area contributed by atoms with Gasteiger partial charge in [0.1, 0.15) is 0 Å². The predicted molar refractivity (Wildman–Crippen MR) is 86.4 cm³/mol. The molecule has 0 aliphatic heterocycles. The molecule has 0 radical (unpaired) electrons. The van der Waals surface area contributed by atoms with Crippen LogP contribution >= 0.6 is 0 Å². The van der Waals surface area contributed by atoms with E-state index in [-0.39, 0.29) is 0 Å². The summed E-state index contributed by atoms with van der Waals surface area (Å²) in [5.41, 5.74) is 4.55. The van der Waals surface area contributed by atoms with Crippen molar-refractivity contribution in [1.29, 1.82) is 0 Å². The lowest BCUT2D eigenvalue weighted by Crippen LogP contribution is -2.37. The summed E-state index contributed by atoms with van der Waals surface area (Å²) in [5, 5.41) is 0. The van der Waals surface area contributed by atoms with Crippen LogP contribution in [0.15, 0.2) is 30.3 Å². The molecule has 3 atom stereocenters. The van der Waals surface area contributed by atoms with E-state index in [2.05, 4.69) is 42.7 Å². The Morgan fingerprint density at radius 1 is 1.10 bits per heavy atom. The van der Waals surface area contributed by atoms with Gasteiger partial charge in [-0.15, -0.1) is 0 Å². The summed E-state index contributed by atoms with van der Waals surface area (Å²) in [6.45, 7) is 2.27. The van der Waals surface area contributed by atoms with E-state index in [4.69, 9.17) is 5.84 Å². The fraction of sp³-hybridized carbons (Fsp3) is 0.667. The van der Waals surface area contributed by atoms with Gasteiger partial charge in [0.15, 0.2) is 0 Å². The second-order valence-corrected chi connectivity index (χ2v) is 6.25. The molecule has 0 bridgehead atoms. The third kappa shape index (κ3) is 4.60. The highest BCUT2D eigenvalue weighted by molar-refractivity contribution is 5.26. The van der Waals surface area contributed by atoms with Gasteiger partial charge in [0.2, 0.25) is 0 Å². The van der Waals surface area contributed by atoms with Gasteiger partial charge < -0.3 is 0 Å². The van der Waals surface area contributed by atoms with Crippen molar-refractivity contribution in [3.63, 3.8) is 0 Å². The Morgan fingerprint density at radius 2 is 1.80 bits per heavy atom. The van der Waals surface area contributed by atoms with E-state index in [1.807, 2.05) is 0 Å². The van der Waals surface area contributed by atoms with E-state index in [0.717, 1.165) is 11.8 Å². The SMILES string of the molecule is CCCCCCCCC(NN)C1CC1c1ccccc1. The lowest BCUT2D eigenvalue weighted by atomic mass is 10.00. The summed E-state index contributed by atoms with van der Waals surface area (Å²) in [6, 6.07) is 11.4. The van der Waals surface area contributed by atoms with E-state index in [9.17, 15) is 0 Å². The van der Waals surface area contributed by atoms with Crippen molar-refractivity contribution < 1.29 is 0 Å². The Morgan fingerprint density at radius 3 is 2.50 bits per heavy atom. The van der Waals surface area contributed by atoms with Crippen LogP contribution in [0.4, 0.5) is 0 Å². The monoisotopic (exact) mass is 274 g/mol. The minimum absolute atomic E-state index is 0.506. The molecule has 3 N–H and O–H groups in total. The number of unbranched alkanes of at least 4 members (excludes halogenated alkanes) is 5.